The molecule has 6 nitrogen and oxygen atoms in total. The Hall–Kier alpha value is -1.59. The Morgan fingerprint density at radius 1 is 1.30 bits per heavy atom. The lowest BCUT2D eigenvalue weighted by Gasteiger charge is -1.84. The Morgan fingerprint density at radius 2 is 1.80 bits per heavy atom. The molecule has 0 unspecified atom stereocenters. The van der Waals surface area contributed by atoms with Crippen molar-refractivity contribution in [1.29, 1.82) is 0 Å². The fourth-order valence-corrected chi connectivity index (χ4v) is 0.264. The van der Waals surface area contributed by atoms with E-state index in [4.69, 9.17) is 5.11 Å². The molecular weight excluding hydrogens is 142 g/mol. The van der Waals surface area contributed by atoms with Gasteiger partial charge in [-0.15, -0.1) is 4.91 Å². The zero-order valence-electron chi connectivity index (χ0n) is 4.73. The van der Waals surface area contributed by atoms with E-state index in [-0.39, 0.29) is 0 Å². The van der Waals surface area contributed by atoms with Crippen molar-refractivity contribution in [3.63, 3.8) is 0 Å². The number of nitroso groups, excluding NO2 is 1. The predicted octanol–water partition coefficient (Wildman–Crippen LogP) is -0.677. The summed E-state index contributed by atoms with van der Waals surface area (Å²) in [6, 6.07) is 0. The molecule has 0 radical (unpaired) electrons. The number of amides is 1. The highest BCUT2D eigenvalue weighted by atomic mass is 16.4. The molecule has 0 atom stereocenters. The number of nitrogens with zero attached hydrogens (tertiary/aromatic N) is 1. The summed E-state index contributed by atoms with van der Waals surface area (Å²) in [5, 5.41) is 9.65. The molecule has 1 N–H and O–H groups in total. The monoisotopic (exact) mass is 145 g/mol. The van der Waals surface area contributed by atoms with Crippen molar-refractivity contribution in [3.8, 4) is 0 Å². The van der Waals surface area contributed by atoms with Crippen LogP contribution in [0.4, 0.5) is 0 Å². The van der Waals surface area contributed by atoms with E-state index < -0.39 is 24.1 Å². The lowest BCUT2D eigenvalue weighted by atomic mass is 10.3. The average molecular weight is 145 g/mol. The molecular formula is C4H3NO5. The van der Waals surface area contributed by atoms with Gasteiger partial charge < -0.3 is 5.11 Å². The van der Waals surface area contributed by atoms with Crippen LogP contribution in [0.25, 0.3) is 0 Å². The second-order valence-electron chi connectivity index (χ2n) is 1.39. The van der Waals surface area contributed by atoms with Crippen molar-refractivity contribution in [1.82, 2.24) is 0 Å². The predicted molar refractivity (Wildman–Crippen MR) is 28.1 cm³/mol. The largest absolute Gasteiger partial charge is 0.481 e. The summed E-state index contributed by atoms with van der Waals surface area (Å²) in [5.41, 5.74) is 0. The van der Waals surface area contributed by atoms with E-state index in [1.807, 2.05) is 0 Å². The number of carboxylic acid groups (broad SMARTS) is 1. The van der Waals surface area contributed by atoms with Crippen LogP contribution in [0.3, 0.4) is 0 Å². The van der Waals surface area contributed by atoms with E-state index in [1.165, 1.54) is 0 Å². The van der Waals surface area contributed by atoms with Gasteiger partial charge in [0, 0.05) is 5.18 Å². The second kappa shape index (κ2) is 3.44. The first-order chi connectivity index (χ1) is 4.57. The lowest BCUT2D eigenvalue weighted by Crippen LogP contribution is -2.14. The van der Waals surface area contributed by atoms with Crippen LogP contribution in [-0.2, 0) is 14.4 Å². The maximum absolute atomic E-state index is 10.2. The molecule has 0 rings (SSSR count). The normalized spacial score (nSPS) is 8.40. The van der Waals surface area contributed by atoms with E-state index in [0.717, 1.165) is 0 Å². The molecule has 0 aliphatic heterocycles. The summed E-state index contributed by atoms with van der Waals surface area (Å²) < 4.78 is 0. The van der Waals surface area contributed by atoms with E-state index >= 15 is 0 Å². The maximum Gasteiger partial charge on any atom is 0.352 e. The Labute approximate surface area is 54.8 Å². The highest BCUT2D eigenvalue weighted by molar-refractivity contribution is 6.39. The minimum atomic E-state index is -1.55. The number of aliphatic carboxylic acids is 1. The molecule has 0 aromatic rings. The van der Waals surface area contributed by atoms with Crippen LogP contribution in [0.5, 0.6) is 0 Å². The molecule has 0 aromatic carbocycles. The smallest absolute Gasteiger partial charge is 0.352 e. The van der Waals surface area contributed by atoms with Gasteiger partial charge in [-0.1, -0.05) is 0 Å². The summed E-state index contributed by atoms with van der Waals surface area (Å²) in [7, 11) is 0. The van der Waals surface area contributed by atoms with Gasteiger partial charge in [-0.2, -0.15) is 0 Å². The molecule has 0 fully saturated rings. The summed E-state index contributed by atoms with van der Waals surface area (Å²) in [6.45, 7) is 0. The lowest BCUT2D eigenvalue weighted by molar-refractivity contribution is -0.144. The summed E-state index contributed by atoms with van der Waals surface area (Å²) in [4.78, 5) is 39.1. The molecule has 1 amide bonds. The van der Waals surface area contributed by atoms with Crippen molar-refractivity contribution in [2.75, 3.05) is 0 Å². The van der Waals surface area contributed by atoms with Gasteiger partial charge in [-0.05, 0) is 0 Å². The Kier molecular flexibility index (Phi) is 2.89. The SMILES string of the molecule is O=NC(=O)C(=O)CC(=O)O. The van der Waals surface area contributed by atoms with E-state index in [0.29, 0.717) is 0 Å². The third-order valence-corrected chi connectivity index (χ3v) is 0.633. The number of hydrogen-bond donors (Lipinski definition) is 1. The van der Waals surface area contributed by atoms with Crippen LogP contribution in [0.1, 0.15) is 6.42 Å². The van der Waals surface area contributed by atoms with Gasteiger partial charge >= 0.3 is 11.9 Å². The Balaban J connectivity index is 3.98. The van der Waals surface area contributed by atoms with Crippen LogP contribution < -0.4 is 0 Å². The fraction of sp³-hybridized carbons (Fsp3) is 0.250. The number of Topliss-reactive ketones (excluding diaryl/α,β-unsaturated/α-hetero) is 1. The van der Waals surface area contributed by atoms with Crippen LogP contribution in [0.15, 0.2) is 5.18 Å². The molecule has 54 valence electrons. The molecule has 10 heavy (non-hydrogen) atoms. The molecule has 0 saturated carbocycles. The number of carbonyl (C=O) groups excluding carboxylic acids is 2. The van der Waals surface area contributed by atoms with Crippen molar-refractivity contribution in [2.45, 2.75) is 6.42 Å². The summed E-state index contributed by atoms with van der Waals surface area (Å²) >= 11 is 0. The van der Waals surface area contributed by atoms with Crippen molar-refractivity contribution < 1.29 is 19.5 Å². The number of carboxylic acids is 1. The molecule has 0 aliphatic carbocycles. The van der Waals surface area contributed by atoms with Crippen molar-refractivity contribution in [3.05, 3.63) is 4.91 Å². The third-order valence-electron chi connectivity index (χ3n) is 0.633. The fourth-order valence-electron chi connectivity index (χ4n) is 0.264. The van der Waals surface area contributed by atoms with Crippen LogP contribution >= 0.6 is 0 Å². The number of hydrogen-bond acceptors (Lipinski definition) is 4. The van der Waals surface area contributed by atoms with Crippen LogP contribution in [0.2, 0.25) is 0 Å². The minimum Gasteiger partial charge on any atom is -0.481 e. The first-order valence-corrected chi connectivity index (χ1v) is 2.20. The van der Waals surface area contributed by atoms with E-state index in [1.54, 1.807) is 5.18 Å². The van der Waals surface area contributed by atoms with Crippen LogP contribution in [-0.4, -0.2) is 22.8 Å². The Morgan fingerprint density at radius 3 is 2.10 bits per heavy atom. The number of carbonyl (C=O) groups is 3. The molecule has 0 aromatic heterocycles. The van der Waals surface area contributed by atoms with Crippen molar-refractivity contribution >= 4 is 17.7 Å². The van der Waals surface area contributed by atoms with Gasteiger partial charge in [0.25, 0.3) is 0 Å². The quantitative estimate of drug-likeness (QED) is 0.322. The zero-order chi connectivity index (χ0) is 8.15. The summed E-state index contributed by atoms with van der Waals surface area (Å²) in [5.74, 6) is -4.31. The third kappa shape index (κ3) is 2.65. The molecule has 0 saturated heterocycles. The van der Waals surface area contributed by atoms with Gasteiger partial charge in [0.2, 0.25) is 5.78 Å². The molecule has 0 aliphatic rings. The maximum atomic E-state index is 10.2. The second-order valence-corrected chi connectivity index (χ2v) is 1.39. The number of rotatable bonds is 3. The minimum absolute atomic E-state index is 0.982. The van der Waals surface area contributed by atoms with Gasteiger partial charge in [-0.3, -0.25) is 14.4 Å². The summed E-state index contributed by atoms with van der Waals surface area (Å²) in [6.07, 6.45) is -0.982. The van der Waals surface area contributed by atoms with Crippen LogP contribution in [0, 0.1) is 4.91 Å². The first kappa shape index (κ1) is 8.41. The van der Waals surface area contributed by atoms with Gasteiger partial charge in [0.15, 0.2) is 0 Å². The van der Waals surface area contributed by atoms with Crippen molar-refractivity contribution in [2.24, 2.45) is 5.18 Å². The highest BCUT2D eigenvalue weighted by Gasteiger charge is 2.16. The molecule has 0 spiro atoms. The molecule has 0 heterocycles. The van der Waals surface area contributed by atoms with E-state index in [9.17, 15) is 19.3 Å². The molecule has 6 heteroatoms. The van der Waals surface area contributed by atoms with Gasteiger partial charge in [-0.25, -0.2) is 0 Å². The molecule has 0 bridgehead atoms. The average Bonchev–Trinajstić information content (AvgIpc) is 1.85. The standard InChI is InChI=1S/C4H3NO5/c6-2(1-3(7)8)4(9)5-10/h1H2,(H,7,8). The topological polar surface area (TPSA) is 101 Å². The zero-order valence-corrected chi connectivity index (χ0v) is 4.73. The van der Waals surface area contributed by atoms with Gasteiger partial charge in [0.05, 0.1) is 0 Å². The number of ketones is 1. The van der Waals surface area contributed by atoms with Gasteiger partial charge in [0.1, 0.15) is 6.42 Å². The Bertz CT molecular complexity index is 196. The van der Waals surface area contributed by atoms with E-state index in [2.05, 4.69) is 0 Å². The first-order valence-electron chi connectivity index (χ1n) is 2.20. The highest BCUT2D eigenvalue weighted by Crippen LogP contribution is 1.85.